The summed E-state index contributed by atoms with van der Waals surface area (Å²) >= 11 is 1.70. The Balaban J connectivity index is 2.28. The van der Waals surface area contributed by atoms with Crippen LogP contribution in [0.1, 0.15) is 36.8 Å². The Kier molecular flexibility index (Phi) is 4.51. The molecule has 88 valence electrons. The van der Waals surface area contributed by atoms with Crippen LogP contribution >= 0.6 is 11.3 Å². The Morgan fingerprint density at radius 1 is 1.29 bits per heavy atom. The summed E-state index contributed by atoms with van der Waals surface area (Å²) in [6, 6.07) is 10.5. The fraction of sp³-hybridized carbons (Fsp3) is 0.267. The van der Waals surface area contributed by atoms with Crippen LogP contribution in [-0.4, -0.2) is 4.98 Å². The number of hydrogen-bond donors (Lipinski definition) is 0. The van der Waals surface area contributed by atoms with Gasteiger partial charge in [0.25, 0.3) is 0 Å². The van der Waals surface area contributed by atoms with Gasteiger partial charge in [0.15, 0.2) is 0 Å². The number of hydrogen-bond acceptors (Lipinski definition) is 2. The molecule has 0 unspecified atom stereocenters. The van der Waals surface area contributed by atoms with Crippen LogP contribution in [0.15, 0.2) is 48.0 Å². The van der Waals surface area contributed by atoms with Crippen LogP contribution < -0.4 is 0 Å². The van der Waals surface area contributed by atoms with Crippen molar-refractivity contribution in [3.63, 3.8) is 0 Å². The molecule has 2 aromatic rings. The Morgan fingerprint density at radius 2 is 2.12 bits per heavy atom. The minimum absolute atomic E-state index is 1.12. The maximum atomic E-state index is 4.42. The number of thiazole rings is 1. The first-order chi connectivity index (χ1) is 8.42. The molecule has 0 fully saturated rings. The number of rotatable bonds is 5. The molecule has 2 heteroatoms. The summed E-state index contributed by atoms with van der Waals surface area (Å²) in [6.07, 6.45) is 7.78. The Bertz CT molecular complexity index is 457. The largest absolute Gasteiger partial charge is 0.245 e. The third-order valence-corrected chi connectivity index (χ3v) is 3.46. The van der Waals surface area contributed by atoms with Crippen LogP contribution in [0, 0.1) is 0 Å². The van der Waals surface area contributed by atoms with Crippen molar-refractivity contribution in [3.8, 4) is 0 Å². The van der Waals surface area contributed by atoms with E-state index >= 15 is 0 Å². The van der Waals surface area contributed by atoms with Gasteiger partial charge in [-0.2, -0.15) is 0 Å². The maximum absolute atomic E-state index is 4.42. The average Bonchev–Trinajstić information content (AvgIpc) is 2.89. The minimum Gasteiger partial charge on any atom is -0.245 e. The Morgan fingerprint density at radius 3 is 2.76 bits per heavy atom. The van der Waals surface area contributed by atoms with Crippen molar-refractivity contribution in [2.75, 3.05) is 0 Å². The van der Waals surface area contributed by atoms with Gasteiger partial charge in [0.1, 0.15) is 5.01 Å². The minimum atomic E-state index is 1.12. The number of aromatic nitrogens is 1. The summed E-state index contributed by atoms with van der Waals surface area (Å²) in [5, 5.41) is 3.15. The zero-order valence-corrected chi connectivity index (χ0v) is 10.9. The predicted molar refractivity (Wildman–Crippen MR) is 75.2 cm³/mol. The standard InChI is InChI=1S/C15H17NS/c1-2-3-5-10-14(15-16-11-12-17-15)13-8-6-4-7-9-13/h4,6-12H,2-3,5H2,1H3. The van der Waals surface area contributed by atoms with E-state index in [4.69, 9.17) is 0 Å². The summed E-state index contributed by atoms with van der Waals surface area (Å²) in [7, 11) is 0. The van der Waals surface area contributed by atoms with E-state index in [9.17, 15) is 0 Å². The van der Waals surface area contributed by atoms with Gasteiger partial charge in [0.05, 0.1) is 0 Å². The van der Waals surface area contributed by atoms with Crippen LogP contribution in [0.2, 0.25) is 0 Å². The van der Waals surface area contributed by atoms with Crippen molar-refractivity contribution < 1.29 is 0 Å². The van der Waals surface area contributed by atoms with Gasteiger partial charge in [0.2, 0.25) is 0 Å². The maximum Gasteiger partial charge on any atom is 0.123 e. The van der Waals surface area contributed by atoms with E-state index in [-0.39, 0.29) is 0 Å². The van der Waals surface area contributed by atoms with Crippen LogP contribution in [0.25, 0.3) is 5.57 Å². The molecule has 0 spiro atoms. The third kappa shape index (κ3) is 3.27. The Labute approximate surface area is 107 Å². The van der Waals surface area contributed by atoms with Gasteiger partial charge in [-0.3, -0.25) is 0 Å². The highest BCUT2D eigenvalue weighted by atomic mass is 32.1. The van der Waals surface area contributed by atoms with Gasteiger partial charge in [-0.1, -0.05) is 56.2 Å². The van der Waals surface area contributed by atoms with Crippen molar-refractivity contribution in [3.05, 3.63) is 58.6 Å². The number of allylic oxidation sites excluding steroid dienone is 1. The monoisotopic (exact) mass is 243 g/mol. The molecular formula is C15H17NS. The first-order valence-corrected chi connectivity index (χ1v) is 6.95. The highest BCUT2D eigenvalue weighted by molar-refractivity contribution is 7.10. The molecule has 0 saturated carbocycles. The molecule has 0 aliphatic carbocycles. The molecule has 1 nitrogen and oxygen atoms in total. The van der Waals surface area contributed by atoms with Gasteiger partial charge >= 0.3 is 0 Å². The van der Waals surface area contributed by atoms with E-state index in [1.165, 1.54) is 24.0 Å². The first-order valence-electron chi connectivity index (χ1n) is 6.07. The molecule has 1 aromatic carbocycles. The zero-order valence-electron chi connectivity index (χ0n) is 10.1. The molecule has 2 rings (SSSR count). The van der Waals surface area contributed by atoms with Crippen LogP contribution in [0.5, 0.6) is 0 Å². The van der Waals surface area contributed by atoms with Crippen LogP contribution in [0.3, 0.4) is 0 Å². The Hall–Kier alpha value is -1.41. The lowest BCUT2D eigenvalue weighted by molar-refractivity contribution is 0.815. The van der Waals surface area contributed by atoms with Crippen LogP contribution in [-0.2, 0) is 0 Å². The highest BCUT2D eigenvalue weighted by Crippen LogP contribution is 2.25. The molecule has 0 N–H and O–H groups in total. The summed E-state index contributed by atoms with van der Waals surface area (Å²) in [6.45, 7) is 2.22. The lowest BCUT2D eigenvalue weighted by Crippen LogP contribution is -1.87. The second-order valence-electron chi connectivity index (χ2n) is 3.96. The van der Waals surface area contributed by atoms with Gasteiger partial charge in [-0.25, -0.2) is 4.98 Å². The van der Waals surface area contributed by atoms with Crippen molar-refractivity contribution in [2.45, 2.75) is 26.2 Å². The summed E-state index contributed by atoms with van der Waals surface area (Å²) in [4.78, 5) is 4.42. The molecule has 1 aromatic heterocycles. The van der Waals surface area contributed by atoms with Crippen molar-refractivity contribution in [1.82, 2.24) is 4.98 Å². The molecule has 0 saturated heterocycles. The summed E-state index contributed by atoms with van der Waals surface area (Å²) < 4.78 is 0. The van der Waals surface area contributed by atoms with Crippen LogP contribution in [0.4, 0.5) is 0 Å². The second-order valence-corrected chi connectivity index (χ2v) is 4.86. The highest BCUT2D eigenvalue weighted by Gasteiger charge is 2.06. The van der Waals surface area contributed by atoms with Gasteiger partial charge in [-0.05, 0) is 12.0 Å². The number of unbranched alkanes of at least 4 members (excludes halogenated alkanes) is 2. The number of benzene rings is 1. The molecule has 0 bridgehead atoms. The first kappa shape index (κ1) is 12.1. The van der Waals surface area contributed by atoms with Crippen molar-refractivity contribution in [2.24, 2.45) is 0 Å². The van der Waals surface area contributed by atoms with E-state index in [2.05, 4.69) is 48.3 Å². The van der Waals surface area contributed by atoms with Gasteiger partial charge in [0, 0.05) is 17.2 Å². The number of nitrogens with zero attached hydrogens (tertiary/aromatic N) is 1. The average molecular weight is 243 g/mol. The van der Waals surface area contributed by atoms with E-state index in [1.807, 2.05) is 11.6 Å². The fourth-order valence-corrected chi connectivity index (χ4v) is 2.45. The molecule has 0 aliphatic heterocycles. The summed E-state index contributed by atoms with van der Waals surface area (Å²) in [5.74, 6) is 0. The van der Waals surface area contributed by atoms with E-state index in [0.717, 1.165) is 11.4 Å². The summed E-state index contributed by atoms with van der Waals surface area (Å²) in [5.41, 5.74) is 2.53. The van der Waals surface area contributed by atoms with Gasteiger partial charge in [-0.15, -0.1) is 11.3 Å². The molecule has 17 heavy (non-hydrogen) atoms. The molecule has 0 aliphatic rings. The third-order valence-electron chi connectivity index (χ3n) is 2.65. The fourth-order valence-electron chi connectivity index (χ4n) is 1.75. The predicted octanol–water partition coefficient (Wildman–Crippen LogP) is 4.77. The lowest BCUT2D eigenvalue weighted by atomic mass is 10.0. The second kappa shape index (κ2) is 6.36. The normalized spacial score (nSPS) is 11.7. The molecule has 0 amide bonds. The van der Waals surface area contributed by atoms with Gasteiger partial charge < -0.3 is 0 Å². The molecule has 1 heterocycles. The van der Waals surface area contributed by atoms with Crippen molar-refractivity contribution in [1.29, 1.82) is 0 Å². The molecule has 0 atom stereocenters. The topological polar surface area (TPSA) is 12.9 Å². The molecular weight excluding hydrogens is 226 g/mol. The van der Waals surface area contributed by atoms with E-state index < -0.39 is 0 Å². The van der Waals surface area contributed by atoms with Crippen molar-refractivity contribution >= 4 is 16.9 Å². The van der Waals surface area contributed by atoms with E-state index in [1.54, 1.807) is 11.3 Å². The zero-order chi connectivity index (χ0) is 11.9. The SMILES string of the molecule is CCCCC=C(c1ccccc1)c1nccs1. The lowest BCUT2D eigenvalue weighted by Gasteiger charge is -2.04. The van der Waals surface area contributed by atoms with E-state index in [0.29, 0.717) is 0 Å². The molecule has 0 radical (unpaired) electrons. The smallest absolute Gasteiger partial charge is 0.123 e. The quantitative estimate of drug-likeness (QED) is 0.690.